The third-order valence-electron chi connectivity index (χ3n) is 5.06. The summed E-state index contributed by atoms with van der Waals surface area (Å²) < 4.78 is 5.24. The van der Waals surface area contributed by atoms with Gasteiger partial charge in [0.1, 0.15) is 5.00 Å². The first-order valence-corrected chi connectivity index (χ1v) is 10.9. The van der Waals surface area contributed by atoms with Gasteiger partial charge in [-0.2, -0.15) is 0 Å². The van der Waals surface area contributed by atoms with Gasteiger partial charge in [-0.05, 0) is 56.5 Å². The summed E-state index contributed by atoms with van der Waals surface area (Å²) >= 11 is 1.41. The van der Waals surface area contributed by atoms with Crippen molar-refractivity contribution in [2.75, 3.05) is 18.5 Å². The van der Waals surface area contributed by atoms with Crippen LogP contribution in [-0.4, -0.2) is 40.9 Å². The van der Waals surface area contributed by atoms with E-state index in [4.69, 9.17) is 4.74 Å². The highest BCUT2D eigenvalue weighted by Crippen LogP contribution is 2.38. The van der Waals surface area contributed by atoms with Crippen LogP contribution >= 0.6 is 11.3 Å². The Bertz CT molecular complexity index is 1010. The van der Waals surface area contributed by atoms with E-state index in [1.807, 2.05) is 0 Å². The van der Waals surface area contributed by atoms with Crippen LogP contribution in [0.25, 0.3) is 6.08 Å². The zero-order valence-corrected chi connectivity index (χ0v) is 18.5. The molecule has 1 aromatic carbocycles. The summed E-state index contributed by atoms with van der Waals surface area (Å²) in [5.74, 6) is -0.809. The second kappa shape index (κ2) is 9.84. The molecule has 0 atom stereocenters. The van der Waals surface area contributed by atoms with E-state index in [2.05, 4.69) is 24.1 Å². The molecule has 1 N–H and O–H groups in total. The van der Waals surface area contributed by atoms with Crippen LogP contribution in [0.4, 0.5) is 10.7 Å². The van der Waals surface area contributed by atoms with Crippen molar-refractivity contribution in [1.82, 2.24) is 4.90 Å². The lowest BCUT2D eigenvalue weighted by molar-refractivity contribution is -0.384. The average Bonchev–Trinajstić information content (AvgIpc) is 3.09. The molecule has 3 rings (SSSR count). The van der Waals surface area contributed by atoms with E-state index >= 15 is 0 Å². The van der Waals surface area contributed by atoms with E-state index in [1.165, 1.54) is 29.5 Å². The number of nitro benzene ring substituents is 1. The Hall–Kier alpha value is -3.04. The molecule has 0 aliphatic carbocycles. The van der Waals surface area contributed by atoms with Gasteiger partial charge >= 0.3 is 5.97 Å². The highest BCUT2D eigenvalue weighted by atomic mass is 32.1. The third-order valence-corrected chi connectivity index (χ3v) is 6.20. The Labute approximate surface area is 184 Å². The summed E-state index contributed by atoms with van der Waals surface area (Å²) in [5.41, 5.74) is 2.04. The number of ether oxygens (including phenoxy) is 1. The van der Waals surface area contributed by atoms with Crippen molar-refractivity contribution < 1.29 is 19.2 Å². The van der Waals surface area contributed by atoms with Crippen LogP contribution in [0.5, 0.6) is 0 Å². The number of amides is 1. The molecule has 0 saturated heterocycles. The van der Waals surface area contributed by atoms with E-state index in [9.17, 15) is 19.7 Å². The topological polar surface area (TPSA) is 102 Å². The monoisotopic (exact) mass is 443 g/mol. The van der Waals surface area contributed by atoms with Gasteiger partial charge in [0, 0.05) is 42.2 Å². The number of hydrogen-bond acceptors (Lipinski definition) is 7. The number of anilines is 1. The van der Waals surface area contributed by atoms with Gasteiger partial charge in [-0.3, -0.25) is 19.8 Å². The van der Waals surface area contributed by atoms with E-state index in [0.29, 0.717) is 22.2 Å². The SMILES string of the molecule is CCOC(=O)c1c(NC(=O)/C=C\c2ccc([N+](=O)[O-])cc2)sc2c1CCN(C(C)C)C2. The maximum absolute atomic E-state index is 12.6. The number of hydrogen-bond donors (Lipinski definition) is 1. The summed E-state index contributed by atoms with van der Waals surface area (Å²) in [6, 6.07) is 6.28. The highest BCUT2D eigenvalue weighted by Gasteiger charge is 2.30. The minimum absolute atomic E-state index is 0.0136. The Morgan fingerprint density at radius 3 is 2.65 bits per heavy atom. The number of nitro groups is 1. The van der Waals surface area contributed by atoms with Gasteiger partial charge in [-0.15, -0.1) is 11.3 Å². The Balaban J connectivity index is 1.80. The molecule has 164 valence electrons. The van der Waals surface area contributed by atoms with Gasteiger partial charge in [0.25, 0.3) is 5.69 Å². The molecule has 0 saturated carbocycles. The van der Waals surface area contributed by atoms with E-state index in [1.54, 1.807) is 25.1 Å². The first kappa shape index (κ1) is 22.6. The highest BCUT2D eigenvalue weighted by molar-refractivity contribution is 7.17. The molecule has 0 unspecified atom stereocenters. The predicted octanol–water partition coefficient (Wildman–Crippen LogP) is 4.25. The van der Waals surface area contributed by atoms with Gasteiger partial charge in [0.2, 0.25) is 5.91 Å². The fourth-order valence-electron chi connectivity index (χ4n) is 3.40. The van der Waals surface area contributed by atoms with Crippen LogP contribution in [-0.2, 0) is 22.5 Å². The van der Waals surface area contributed by atoms with Crippen LogP contribution in [0.3, 0.4) is 0 Å². The van der Waals surface area contributed by atoms with Crippen molar-refractivity contribution in [2.45, 2.75) is 39.8 Å². The number of rotatable bonds is 7. The average molecular weight is 444 g/mol. The second-order valence-electron chi connectivity index (χ2n) is 7.41. The number of non-ortho nitro benzene ring substituents is 1. The quantitative estimate of drug-likeness (QED) is 0.297. The van der Waals surface area contributed by atoms with Gasteiger partial charge in [0.15, 0.2) is 0 Å². The molecule has 1 aliphatic heterocycles. The standard InChI is InChI=1S/C22H25N3O5S/c1-4-30-22(27)20-17-11-12-24(14(2)3)13-18(17)31-21(20)23-19(26)10-7-15-5-8-16(9-6-15)25(28)29/h5-10,14H,4,11-13H2,1-3H3,(H,23,26)/b10-7-. The molecule has 9 heteroatoms. The summed E-state index contributed by atoms with van der Waals surface area (Å²) in [4.78, 5) is 38.8. The van der Waals surface area contributed by atoms with Crippen LogP contribution < -0.4 is 5.32 Å². The van der Waals surface area contributed by atoms with Crippen molar-refractivity contribution in [1.29, 1.82) is 0 Å². The zero-order valence-electron chi connectivity index (χ0n) is 17.7. The second-order valence-corrected chi connectivity index (χ2v) is 8.52. The van der Waals surface area contributed by atoms with Crippen LogP contribution in [0.15, 0.2) is 30.3 Å². The fourth-order valence-corrected chi connectivity index (χ4v) is 4.67. The minimum atomic E-state index is -0.476. The van der Waals surface area contributed by atoms with Gasteiger partial charge in [0.05, 0.1) is 17.1 Å². The summed E-state index contributed by atoms with van der Waals surface area (Å²) in [6.45, 7) is 7.87. The molecule has 1 aliphatic rings. The smallest absolute Gasteiger partial charge is 0.341 e. The summed E-state index contributed by atoms with van der Waals surface area (Å²) in [7, 11) is 0. The van der Waals surface area contributed by atoms with Crippen molar-refractivity contribution >= 4 is 40.0 Å². The van der Waals surface area contributed by atoms with Crippen LogP contribution in [0.1, 0.15) is 47.1 Å². The fraction of sp³-hybridized carbons (Fsp3) is 0.364. The number of benzene rings is 1. The molecule has 8 nitrogen and oxygen atoms in total. The first-order chi connectivity index (χ1) is 14.8. The molecule has 1 aromatic heterocycles. The molecule has 0 spiro atoms. The molecular weight excluding hydrogens is 418 g/mol. The van der Waals surface area contributed by atoms with Gasteiger partial charge in [-0.25, -0.2) is 4.79 Å². The molecular formula is C22H25N3O5S. The largest absolute Gasteiger partial charge is 0.462 e. The maximum Gasteiger partial charge on any atom is 0.341 e. The number of carbonyl (C=O) groups excluding carboxylic acids is 2. The molecule has 0 bridgehead atoms. The van der Waals surface area contributed by atoms with Crippen molar-refractivity contribution in [3.8, 4) is 0 Å². The lowest BCUT2D eigenvalue weighted by Gasteiger charge is -2.30. The number of fused-ring (bicyclic) bond motifs is 1. The predicted molar refractivity (Wildman–Crippen MR) is 120 cm³/mol. The first-order valence-electron chi connectivity index (χ1n) is 10.1. The number of nitrogens with zero attached hydrogens (tertiary/aromatic N) is 2. The van der Waals surface area contributed by atoms with E-state index < -0.39 is 10.9 Å². The number of carbonyl (C=O) groups is 2. The van der Waals surface area contributed by atoms with Crippen LogP contribution in [0, 0.1) is 10.1 Å². The maximum atomic E-state index is 12.6. The number of thiophene rings is 1. The molecule has 2 aromatic rings. The van der Waals surface area contributed by atoms with Crippen molar-refractivity contribution in [2.24, 2.45) is 0 Å². The third kappa shape index (κ3) is 5.36. The molecule has 2 heterocycles. The van der Waals surface area contributed by atoms with Gasteiger partial charge in [-0.1, -0.05) is 0 Å². The minimum Gasteiger partial charge on any atom is -0.462 e. The Morgan fingerprint density at radius 2 is 2.03 bits per heavy atom. The summed E-state index contributed by atoms with van der Waals surface area (Å²) in [6.07, 6.45) is 3.64. The molecule has 0 fully saturated rings. The van der Waals surface area contributed by atoms with Gasteiger partial charge < -0.3 is 10.1 Å². The number of esters is 1. The molecule has 31 heavy (non-hydrogen) atoms. The zero-order chi connectivity index (χ0) is 22.5. The van der Waals surface area contributed by atoms with E-state index in [-0.39, 0.29) is 18.2 Å². The summed E-state index contributed by atoms with van der Waals surface area (Å²) in [5, 5.41) is 14.0. The Morgan fingerprint density at radius 1 is 1.32 bits per heavy atom. The van der Waals surface area contributed by atoms with Crippen molar-refractivity contribution in [3.63, 3.8) is 0 Å². The lowest BCUT2D eigenvalue weighted by atomic mass is 10.0. The molecule has 0 radical (unpaired) electrons. The Kier molecular flexibility index (Phi) is 7.19. The number of nitrogens with one attached hydrogen (secondary N) is 1. The van der Waals surface area contributed by atoms with Crippen molar-refractivity contribution in [3.05, 3.63) is 62.0 Å². The normalized spacial score (nSPS) is 13.9. The van der Waals surface area contributed by atoms with Crippen LogP contribution in [0.2, 0.25) is 0 Å². The molecule has 1 amide bonds. The lowest BCUT2D eigenvalue weighted by Crippen LogP contribution is -2.35. The van der Waals surface area contributed by atoms with E-state index in [0.717, 1.165) is 30.0 Å².